The average molecular weight is 266 g/mol. The predicted molar refractivity (Wildman–Crippen MR) is 68.3 cm³/mol. The van der Waals surface area contributed by atoms with E-state index < -0.39 is 24.1 Å². The quantitative estimate of drug-likeness (QED) is 0.733. The molecule has 19 heavy (non-hydrogen) atoms. The first-order chi connectivity index (χ1) is 9.04. The van der Waals surface area contributed by atoms with Crippen molar-refractivity contribution in [1.29, 1.82) is 0 Å². The largest absolute Gasteiger partial charge is 0.458 e. The summed E-state index contributed by atoms with van der Waals surface area (Å²) < 4.78 is 14.8. The van der Waals surface area contributed by atoms with Gasteiger partial charge in [0.2, 0.25) is 0 Å². The molecule has 0 fully saturated rings. The third kappa shape index (κ3) is 5.09. The van der Waals surface area contributed by atoms with Crippen molar-refractivity contribution in [3.63, 3.8) is 0 Å². The Kier molecular flexibility index (Phi) is 6.02. The number of ether oxygens (including phenoxy) is 3. The maximum atomic E-state index is 11.6. The summed E-state index contributed by atoms with van der Waals surface area (Å²) in [5, 5.41) is 0. The molecule has 1 aromatic rings. The van der Waals surface area contributed by atoms with E-state index in [0.29, 0.717) is 0 Å². The minimum Gasteiger partial charge on any atom is -0.458 e. The normalized spacial score (nSPS) is 13.4. The third-order valence-electron chi connectivity index (χ3n) is 2.53. The summed E-state index contributed by atoms with van der Waals surface area (Å²) in [7, 11) is 1.39. The van der Waals surface area contributed by atoms with E-state index in [-0.39, 0.29) is 6.61 Å². The molecule has 1 rings (SSSR count). The average Bonchev–Trinajstić information content (AvgIpc) is 2.44. The fraction of sp³-hybridized carbons (Fsp3) is 0.429. The second-order valence-corrected chi connectivity index (χ2v) is 4.05. The molecule has 0 bridgehead atoms. The topological polar surface area (TPSA) is 61.8 Å². The number of methoxy groups -OCH3 is 1. The van der Waals surface area contributed by atoms with Gasteiger partial charge in [0.05, 0.1) is 0 Å². The summed E-state index contributed by atoms with van der Waals surface area (Å²) in [5.74, 6) is -1.17. The molecule has 0 saturated carbocycles. The minimum atomic E-state index is -0.950. The van der Waals surface area contributed by atoms with Crippen LogP contribution in [0.5, 0.6) is 0 Å². The Bertz CT molecular complexity index is 415. The van der Waals surface area contributed by atoms with Gasteiger partial charge in [-0.2, -0.15) is 0 Å². The molecule has 0 amide bonds. The Labute approximate surface area is 112 Å². The summed E-state index contributed by atoms with van der Waals surface area (Å²) >= 11 is 0. The molecule has 1 aromatic carbocycles. The Balaban J connectivity index is 2.39. The second-order valence-electron chi connectivity index (χ2n) is 4.05. The van der Waals surface area contributed by atoms with Crippen LogP contribution < -0.4 is 0 Å². The molecule has 0 aromatic heterocycles. The van der Waals surface area contributed by atoms with Crippen LogP contribution in [0.2, 0.25) is 0 Å². The molecule has 0 heterocycles. The van der Waals surface area contributed by atoms with Gasteiger partial charge in [0.15, 0.2) is 12.2 Å². The van der Waals surface area contributed by atoms with Gasteiger partial charge in [-0.15, -0.1) is 0 Å². The molecule has 0 aliphatic heterocycles. The number of rotatable bonds is 6. The lowest BCUT2D eigenvalue weighted by Crippen LogP contribution is -2.31. The van der Waals surface area contributed by atoms with E-state index in [1.54, 1.807) is 6.92 Å². The molecule has 0 unspecified atom stereocenters. The SMILES string of the molecule is CO[C@@H](C)C(=O)O[C@@H](C)C(=O)OCc1ccccc1. The molecular weight excluding hydrogens is 248 g/mol. The van der Waals surface area contributed by atoms with E-state index >= 15 is 0 Å². The zero-order chi connectivity index (χ0) is 14.3. The first-order valence-corrected chi connectivity index (χ1v) is 5.98. The summed E-state index contributed by atoms with van der Waals surface area (Å²) in [6.07, 6.45) is -1.65. The highest BCUT2D eigenvalue weighted by Crippen LogP contribution is 2.04. The number of hydrogen-bond donors (Lipinski definition) is 0. The molecule has 5 heteroatoms. The predicted octanol–water partition coefficient (Wildman–Crippen LogP) is 1.70. The van der Waals surface area contributed by atoms with Crippen LogP contribution in [-0.4, -0.2) is 31.3 Å². The van der Waals surface area contributed by atoms with E-state index in [1.165, 1.54) is 14.0 Å². The highest BCUT2D eigenvalue weighted by molar-refractivity contribution is 5.80. The first-order valence-electron chi connectivity index (χ1n) is 5.98. The van der Waals surface area contributed by atoms with Crippen LogP contribution in [0.1, 0.15) is 19.4 Å². The smallest absolute Gasteiger partial charge is 0.347 e. The molecule has 0 N–H and O–H groups in total. The Morgan fingerprint density at radius 2 is 1.68 bits per heavy atom. The van der Waals surface area contributed by atoms with Crippen LogP contribution in [0.3, 0.4) is 0 Å². The Hall–Kier alpha value is -1.88. The summed E-state index contributed by atoms with van der Waals surface area (Å²) in [6, 6.07) is 9.27. The third-order valence-corrected chi connectivity index (χ3v) is 2.53. The van der Waals surface area contributed by atoms with Crippen molar-refractivity contribution in [2.75, 3.05) is 7.11 Å². The monoisotopic (exact) mass is 266 g/mol. The maximum Gasteiger partial charge on any atom is 0.347 e. The van der Waals surface area contributed by atoms with Crippen molar-refractivity contribution >= 4 is 11.9 Å². The summed E-state index contributed by atoms with van der Waals surface area (Å²) in [5.41, 5.74) is 0.875. The van der Waals surface area contributed by atoms with E-state index in [1.807, 2.05) is 30.3 Å². The van der Waals surface area contributed by atoms with Gasteiger partial charge in [0, 0.05) is 7.11 Å². The minimum absolute atomic E-state index is 0.154. The molecule has 0 aliphatic carbocycles. The van der Waals surface area contributed by atoms with E-state index in [4.69, 9.17) is 14.2 Å². The molecule has 0 spiro atoms. The molecule has 0 radical (unpaired) electrons. The van der Waals surface area contributed by atoms with E-state index in [0.717, 1.165) is 5.56 Å². The lowest BCUT2D eigenvalue weighted by molar-refractivity contribution is -0.173. The van der Waals surface area contributed by atoms with Gasteiger partial charge in [-0.25, -0.2) is 9.59 Å². The van der Waals surface area contributed by atoms with Crippen molar-refractivity contribution in [2.24, 2.45) is 0 Å². The molecule has 0 saturated heterocycles. The fourth-order valence-electron chi connectivity index (χ4n) is 1.26. The highest BCUT2D eigenvalue weighted by atomic mass is 16.6. The standard InChI is InChI=1S/C14H18O5/c1-10(17-3)14(16)19-11(2)13(15)18-9-12-7-5-4-6-8-12/h4-8,10-11H,9H2,1-3H3/t10-,11-/m0/s1. The number of hydrogen-bond acceptors (Lipinski definition) is 5. The maximum absolute atomic E-state index is 11.6. The van der Waals surface area contributed by atoms with Gasteiger partial charge in [-0.1, -0.05) is 30.3 Å². The van der Waals surface area contributed by atoms with Crippen LogP contribution in [-0.2, 0) is 30.4 Å². The van der Waals surface area contributed by atoms with Crippen LogP contribution in [0.4, 0.5) is 0 Å². The zero-order valence-electron chi connectivity index (χ0n) is 11.3. The Morgan fingerprint density at radius 1 is 1.05 bits per heavy atom. The first kappa shape index (κ1) is 15.2. The van der Waals surface area contributed by atoms with E-state index in [9.17, 15) is 9.59 Å². The van der Waals surface area contributed by atoms with Gasteiger partial charge in [0.25, 0.3) is 0 Å². The second kappa shape index (κ2) is 7.53. The van der Waals surface area contributed by atoms with Crippen molar-refractivity contribution < 1.29 is 23.8 Å². The van der Waals surface area contributed by atoms with Gasteiger partial charge in [-0.3, -0.25) is 0 Å². The number of carbonyl (C=O) groups excluding carboxylic acids is 2. The van der Waals surface area contributed by atoms with Crippen molar-refractivity contribution in [3.05, 3.63) is 35.9 Å². The molecule has 5 nitrogen and oxygen atoms in total. The van der Waals surface area contributed by atoms with Crippen molar-refractivity contribution in [2.45, 2.75) is 32.7 Å². The summed E-state index contributed by atoms with van der Waals surface area (Å²) in [6.45, 7) is 3.17. The Morgan fingerprint density at radius 3 is 2.26 bits per heavy atom. The molecule has 2 atom stereocenters. The van der Waals surface area contributed by atoms with Gasteiger partial charge in [0.1, 0.15) is 6.61 Å². The number of benzene rings is 1. The number of carbonyl (C=O) groups is 2. The highest BCUT2D eigenvalue weighted by Gasteiger charge is 2.22. The lowest BCUT2D eigenvalue weighted by atomic mass is 10.2. The van der Waals surface area contributed by atoms with E-state index in [2.05, 4.69) is 0 Å². The van der Waals surface area contributed by atoms with Crippen LogP contribution >= 0.6 is 0 Å². The van der Waals surface area contributed by atoms with Gasteiger partial charge >= 0.3 is 11.9 Å². The summed E-state index contributed by atoms with van der Waals surface area (Å²) in [4.78, 5) is 23.0. The van der Waals surface area contributed by atoms with Crippen LogP contribution in [0, 0.1) is 0 Å². The van der Waals surface area contributed by atoms with Crippen LogP contribution in [0.25, 0.3) is 0 Å². The zero-order valence-corrected chi connectivity index (χ0v) is 11.3. The lowest BCUT2D eigenvalue weighted by Gasteiger charge is -2.15. The fourth-order valence-corrected chi connectivity index (χ4v) is 1.26. The van der Waals surface area contributed by atoms with Gasteiger partial charge < -0.3 is 14.2 Å². The van der Waals surface area contributed by atoms with Gasteiger partial charge in [-0.05, 0) is 19.4 Å². The molecular formula is C14H18O5. The molecule has 0 aliphatic rings. The van der Waals surface area contributed by atoms with Crippen LogP contribution in [0.15, 0.2) is 30.3 Å². The molecule has 104 valence electrons. The van der Waals surface area contributed by atoms with Crippen molar-refractivity contribution in [1.82, 2.24) is 0 Å². The van der Waals surface area contributed by atoms with Crippen molar-refractivity contribution in [3.8, 4) is 0 Å². The number of esters is 2.